The molecule has 0 aliphatic rings. The highest BCUT2D eigenvalue weighted by molar-refractivity contribution is 5.89. The van der Waals surface area contributed by atoms with Crippen LogP contribution in [0.5, 0.6) is 17.2 Å². The van der Waals surface area contributed by atoms with E-state index in [4.69, 9.17) is 14.2 Å². The van der Waals surface area contributed by atoms with Gasteiger partial charge in [0, 0.05) is 18.0 Å². The number of benzene rings is 3. The van der Waals surface area contributed by atoms with Gasteiger partial charge in [0.25, 0.3) is 5.56 Å². The van der Waals surface area contributed by atoms with Crippen LogP contribution in [-0.2, 0) is 19.8 Å². The van der Waals surface area contributed by atoms with Crippen molar-refractivity contribution in [3.8, 4) is 17.2 Å². The standard InChI is InChI=1S/C39H51NO4/c1-3-5-7-9-11-19-27-40-36-29-34(43-30-32-21-15-13-16-22-32)25-26-35(36)37(44-31-33-23-17-14-18-24-33)38(39(40)41)42-28-20-12-10-8-6-4-2/h13-18,21-26,29H,3-12,19-20,27-28,30-31H2,1-2H3. The highest BCUT2D eigenvalue weighted by Crippen LogP contribution is 2.36. The summed E-state index contributed by atoms with van der Waals surface area (Å²) in [7, 11) is 0. The molecule has 0 atom stereocenters. The van der Waals surface area contributed by atoms with Gasteiger partial charge in [-0.25, -0.2) is 0 Å². The Morgan fingerprint density at radius 2 is 1.14 bits per heavy atom. The molecule has 0 unspecified atom stereocenters. The maximum Gasteiger partial charge on any atom is 0.297 e. The Hall–Kier alpha value is -3.73. The van der Waals surface area contributed by atoms with Crippen LogP contribution in [0.25, 0.3) is 10.9 Å². The molecule has 0 fully saturated rings. The molecule has 0 aliphatic carbocycles. The number of fused-ring (bicyclic) bond motifs is 1. The summed E-state index contributed by atoms with van der Waals surface area (Å²) in [6.45, 7) is 6.42. The van der Waals surface area contributed by atoms with Gasteiger partial charge in [-0.2, -0.15) is 0 Å². The van der Waals surface area contributed by atoms with E-state index in [2.05, 4.69) is 26.0 Å². The van der Waals surface area contributed by atoms with Gasteiger partial charge in [0.1, 0.15) is 19.0 Å². The molecule has 0 amide bonds. The Kier molecular flexibility index (Phi) is 14.2. The van der Waals surface area contributed by atoms with Crippen molar-refractivity contribution in [1.82, 2.24) is 4.57 Å². The van der Waals surface area contributed by atoms with Crippen molar-refractivity contribution in [3.05, 3.63) is 100 Å². The van der Waals surface area contributed by atoms with Crippen LogP contribution in [0.2, 0.25) is 0 Å². The van der Waals surface area contributed by atoms with Crippen molar-refractivity contribution in [2.45, 2.75) is 111 Å². The molecule has 5 nitrogen and oxygen atoms in total. The topological polar surface area (TPSA) is 49.7 Å². The molecular formula is C39H51NO4. The zero-order chi connectivity index (χ0) is 30.8. The normalized spacial score (nSPS) is 11.1. The third kappa shape index (κ3) is 10.2. The Labute approximate surface area is 264 Å². The minimum atomic E-state index is -0.125. The molecule has 3 aromatic carbocycles. The van der Waals surface area contributed by atoms with Gasteiger partial charge in [-0.3, -0.25) is 4.79 Å². The number of unbranched alkanes of at least 4 members (excludes halogenated alkanes) is 10. The number of aromatic nitrogens is 1. The second kappa shape index (κ2) is 18.8. The zero-order valence-electron chi connectivity index (χ0n) is 26.9. The van der Waals surface area contributed by atoms with Gasteiger partial charge in [0.2, 0.25) is 5.75 Å². The number of nitrogens with zero attached hydrogens (tertiary/aromatic N) is 1. The molecule has 1 heterocycles. The Morgan fingerprint density at radius 1 is 0.568 bits per heavy atom. The van der Waals surface area contributed by atoms with E-state index in [1.165, 1.54) is 51.4 Å². The molecule has 0 radical (unpaired) electrons. The van der Waals surface area contributed by atoms with E-state index in [1.807, 2.05) is 71.3 Å². The van der Waals surface area contributed by atoms with Crippen LogP contribution in [-0.4, -0.2) is 11.2 Å². The predicted molar refractivity (Wildman–Crippen MR) is 182 cm³/mol. The largest absolute Gasteiger partial charge is 0.489 e. The van der Waals surface area contributed by atoms with Crippen molar-refractivity contribution in [1.29, 1.82) is 0 Å². The summed E-state index contributed by atoms with van der Waals surface area (Å²) in [5.74, 6) is 1.58. The maximum absolute atomic E-state index is 14.2. The van der Waals surface area contributed by atoms with Gasteiger partial charge in [0.05, 0.1) is 12.1 Å². The van der Waals surface area contributed by atoms with Crippen molar-refractivity contribution >= 4 is 10.9 Å². The molecule has 0 bridgehead atoms. The van der Waals surface area contributed by atoms with Crippen LogP contribution < -0.4 is 19.8 Å². The minimum Gasteiger partial charge on any atom is -0.489 e. The lowest BCUT2D eigenvalue weighted by Gasteiger charge is -2.20. The highest BCUT2D eigenvalue weighted by Gasteiger charge is 2.21. The summed E-state index contributed by atoms with van der Waals surface area (Å²) in [5.41, 5.74) is 2.84. The summed E-state index contributed by atoms with van der Waals surface area (Å²) < 4.78 is 20.8. The van der Waals surface area contributed by atoms with Crippen LogP contribution in [0.4, 0.5) is 0 Å². The van der Waals surface area contributed by atoms with Gasteiger partial charge in [-0.1, -0.05) is 139 Å². The fraction of sp³-hybridized carbons (Fsp3) is 0.462. The monoisotopic (exact) mass is 597 g/mol. The first-order chi connectivity index (χ1) is 21.7. The number of hydrogen-bond donors (Lipinski definition) is 0. The number of hydrogen-bond acceptors (Lipinski definition) is 4. The van der Waals surface area contributed by atoms with Gasteiger partial charge < -0.3 is 18.8 Å². The summed E-state index contributed by atoms with van der Waals surface area (Å²) in [6.07, 6.45) is 13.9. The van der Waals surface area contributed by atoms with Gasteiger partial charge >= 0.3 is 0 Å². The molecule has 44 heavy (non-hydrogen) atoms. The van der Waals surface area contributed by atoms with Crippen LogP contribution >= 0.6 is 0 Å². The Morgan fingerprint density at radius 3 is 1.77 bits per heavy atom. The summed E-state index contributed by atoms with van der Waals surface area (Å²) >= 11 is 0. The average Bonchev–Trinajstić information content (AvgIpc) is 3.06. The molecule has 4 aromatic rings. The third-order valence-electron chi connectivity index (χ3n) is 8.10. The molecule has 0 saturated carbocycles. The van der Waals surface area contributed by atoms with E-state index in [0.29, 0.717) is 37.9 Å². The van der Waals surface area contributed by atoms with Gasteiger partial charge in [-0.05, 0) is 36.1 Å². The second-order valence-corrected chi connectivity index (χ2v) is 11.7. The number of rotatable bonds is 21. The van der Waals surface area contributed by atoms with E-state index in [0.717, 1.165) is 53.5 Å². The first-order valence-corrected chi connectivity index (χ1v) is 16.9. The lowest BCUT2D eigenvalue weighted by Crippen LogP contribution is -2.24. The van der Waals surface area contributed by atoms with E-state index < -0.39 is 0 Å². The van der Waals surface area contributed by atoms with Crippen LogP contribution in [0.1, 0.15) is 102 Å². The number of aryl methyl sites for hydroxylation is 1. The molecule has 0 N–H and O–H groups in total. The van der Waals surface area contributed by atoms with E-state index in [-0.39, 0.29) is 5.56 Å². The van der Waals surface area contributed by atoms with Crippen molar-refractivity contribution in [3.63, 3.8) is 0 Å². The molecule has 0 aliphatic heterocycles. The molecule has 0 spiro atoms. The molecule has 5 heteroatoms. The van der Waals surface area contributed by atoms with Gasteiger partial charge in [-0.15, -0.1) is 0 Å². The SMILES string of the molecule is CCCCCCCCOc1c(OCc2ccccc2)c2ccc(OCc3ccccc3)cc2n(CCCCCCCC)c1=O. The zero-order valence-corrected chi connectivity index (χ0v) is 26.9. The second-order valence-electron chi connectivity index (χ2n) is 11.7. The van der Waals surface area contributed by atoms with Crippen LogP contribution in [0.3, 0.4) is 0 Å². The minimum absolute atomic E-state index is 0.125. The van der Waals surface area contributed by atoms with Crippen molar-refractivity contribution < 1.29 is 14.2 Å². The molecule has 4 rings (SSSR count). The fourth-order valence-electron chi connectivity index (χ4n) is 5.54. The molecule has 236 valence electrons. The lowest BCUT2D eigenvalue weighted by molar-refractivity contribution is 0.255. The van der Waals surface area contributed by atoms with E-state index >= 15 is 0 Å². The summed E-state index contributed by atoms with van der Waals surface area (Å²) in [6, 6.07) is 26.2. The maximum atomic E-state index is 14.2. The van der Waals surface area contributed by atoms with Gasteiger partial charge in [0.15, 0.2) is 5.75 Å². The fourth-order valence-corrected chi connectivity index (χ4v) is 5.54. The Bertz CT molecular complexity index is 1430. The lowest BCUT2D eigenvalue weighted by atomic mass is 10.1. The molecule has 1 aromatic heterocycles. The first-order valence-electron chi connectivity index (χ1n) is 16.9. The van der Waals surface area contributed by atoms with Crippen molar-refractivity contribution in [2.24, 2.45) is 0 Å². The number of pyridine rings is 1. The van der Waals surface area contributed by atoms with Crippen LogP contribution in [0, 0.1) is 0 Å². The first kappa shape index (κ1) is 33.2. The summed E-state index contributed by atoms with van der Waals surface area (Å²) in [5, 5.41) is 0.872. The van der Waals surface area contributed by atoms with Crippen molar-refractivity contribution in [2.75, 3.05) is 6.61 Å². The highest BCUT2D eigenvalue weighted by atomic mass is 16.5. The molecular weight excluding hydrogens is 546 g/mol. The van der Waals surface area contributed by atoms with Crippen LogP contribution in [0.15, 0.2) is 83.7 Å². The summed E-state index contributed by atoms with van der Waals surface area (Å²) in [4.78, 5) is 14.2. The predicted octanol–water partition coefficient (Wildman–Crippen LogP) is 10.3. The molecule has 0 saturated heterocycles. The third-order valence-corrected chi connectivity index (χ3v) is 8.10. The Balaban J connectivity index is 1.64. The quantitative estimate of drug-likeness (QED) is 0.0897. The van der Waals surface area contributed by atoms with E-state index in [9.17, 15) is 4.79 Å². The number of ether oxygens (including phenoxy) is 3. The van der Waals surface area contributed by atoms with E-state index in [1.54, 1.807) is 0 Å². The smallest absolute Gasteiger partial charge is 0.297 e. The average molecular weight is 598 g/mol.